The molecule has 0 spiro atoms. The molecule has 0 nitrogen and oxygen atoms in total. The van der Waals surface area contributed by atoms with E-state index in [4.69, 9.17) is 0 Å². The Bertz CT molecular complexity index is 1230. The van der Waals surface area contributed by atoms with Crippen LogP contribution in [0.3, 0.4) is 0 Å². The highest BCUT2D eigenvalue weighted by molar-refractivity contribution is 6.89. The first-order valence-corrected chi connectivity index (χ1v) is 14.8. The lowest BCUT2D eigenvalue weighted by Gasteiger charge is -2.25. The summed E-state index contributed by atoms with van der Waals surface area (Å²) in [5.74, 6) is 0. The third kappa shape index (κ3) is 4.64. The van der Waals surface area contributed by atoms with Gasteiger partial charge in [0.15, 0.2) is 0 Å². The van der Waals surface area contributed by atoms with Gasteiger partial charge in [-0.05, 0) is 83.8 Å². The lowest BCUT2D eigenvalue weighted by atomic mass is 9.96. The Kier molecular flexibility index (Phi) is 6.21. The maximum atomic E-state index is 2.50. The minimum atomic E-state index is -1.66. The standard InChI is InChI=1S/C31H34Si/c1-22-15-16-30(20-31(22)27-12-8-7-9-13-27)32(5,6)21-26-11-10-14-28(19-26)29-17-23(2)25(4)24(3)18-29/h7-20H,21H2,1-6H3. The minimum Gasteiger partial charge on any atom is -0.0652 e. The molecule has 1 heteroatoms. The first-order valence-electron chi connectivity index (χ1n) is 11.6. The van der Waals surface area contributed by atoms with Gasteiger partial charge in [-0.2, -0.15) is 0 Å². The lowest BCUT2D eigenvalue weighted by molar-refractivity contribution is 1.26. The van der Waals surface area contributed by atoms with Gasteiger partial charge in [-0.1, -0.05) is 103 Å². The molecule has 0 aliphatic carbocycles. The van der Waals surface area contributed by atoms with Crippen molar-refractivity contribution in [3.63, 3.8) is 0 Å². The van der Waals surface area contributed by atoms with E-state index in [2.05, 4.69) is 126 Å². The van der Waals surface area contributed by atoms with Crippen LogP contribution in [0.1, 0.15) is 27.8 Å². The summed E-state index contributed by atoms with van der Waals surface area (Å²) in [6, 6.07) is 32.9. The fourth-order valence-corrected chi connectivity index (χ4v) is 7.16. The van der Waals surface area contributed by atoms with Crippen LogP contribution < -0.4 is 5.19 Å². The number of aryl methyl sites for hydroxylation is 3. The van der Waals surface area contributed by atoms with Crippen LogP contribution in [-0.2, 0) is 6.04 Å². The summed E-state index contributed by atoms with van der Waals surface area (Å²) in [4.78, 5) is 0. The molecule has 0 aliphatic rings. The van der Waals surface area contributed by atoms with Gasteiger partial charge in [-0.3, -0.25) is 0 Å². The fourth-order valence-electron chi connectivity index (χ4n) is 4.65. The summed E-state index contributed by atoms with van der Waals surface area (Å²) in [5, 5.41) is 1.52. The number of benzene rings is 4. The second kappa shape index (κ2) is 8.92. The predicted molar refractivity (Wildman–Crippen MR) is 144 cm³/mol. The van der Waals surface area contributed by atoms with Crippen molar-refractivity contribution in [2.24, 2.45) is 0 Å². The molecular weight excluding hydrogens is 400 g/mol. The normalized spacial score (nSPS) is 11.6. The van der Waals surface area contributed by atoms with Gasteiger partial charge in [-0.25, -0.2) is 0 Å². The minimum absolute atomic E-state index is 1.14. The van der Waals surface area contributed by atoms with Crippen molar-refractivity contribution in [3.05, 3.63) is 113 Å². The molecule has 0 bridgehead atoms. The van der Waals surface area contributed by atoms with Crippen LogP contribution in [0, 0.1) is 27.7 Å². The Morgan fingerprint density at radius 1 is 0.562 bits per heavy atom. The van der Waals surface area contributed by atoms with E-state index in [-0.39, 0.29) is 0 Å². The Hall–Kier alpha value is -2.90. The predicted octanol–water partition coefficient (Wildman–Crippen LogP) is 7.95. The van der Waals surface area contributed by atoms with Crippen LogP contribution >= 0.6 is 0 Å². The summed E-state index contributed by atoms with van der Waals surface area (Å²) >= 11 is 0. The van der Waals surface area contributed by atoms with Crippen molar-refractivity contribution in [2.75, 3.05) is 0 Å². The molecule has 0 aromatic heterocycles. The fraction of sp³-hybridized carbons (Fsp3) is 0.226. The van der Waals surface area contributed by atoms with E-state index in [0.29, 0.717) is 0 Å². The summed E-state index contributed by atoms with van der Waals surface area (Å²) in [6.07, 6.45) is 0. The molecule has 0 N–H and O–H groups in total. The van der Waals surface area contributed by atoms with Gasteiger partial charge in [0.1, 0.15) is 0 Å². The molecule has 0 radical (unpaired) electrons. The monoisotopic (exact) mass is 434 g/mol. The van der Waals surface area contributed by atoms with Crippen LogP contribution in [0.2, 0.25) is 13.1 Å². The highest BCUT2D eigenvalue weighted by atomic mass is 28.3. The summed E-state index contributed by atoms with van der Waals surface area (Å²) in [6.45, 7) is 13.9. The van der Waals surface area contributed by atoms with E-state index in [1.54, 1.807) is 0 Å². The van der Waals surface area contributed by atoms with Crippen molar-refractivity contribution in [1.29, 1.82) is 0 Å². The van der Waals surface area contributed by atoms with Gasteiger partial charge in [-0.15, -0.1) is 0 Å². The molecule has 32 heavy (non-hydrogen) atoms. The van der Waals surface area contributed by atoms with Gasteiger partial charge in [0.05, 0.1) is 8.07 Å². The van der Waals surface area contributed by atoms with E-state index in [1.807, 2.05) is 0 Å². The quantitative estimate of drug-likeness (QED) is 0.280. The first-order chi connectivity index (χ1) is 15.2. The third-order valence-electron chi connectivity index (χ3n) is 6.94. The second-order valence-electron chi connectivity index (χ2n) is 9.89. The van der Waals surface area contributed by atoms with E-state index >= 15 is 0 Å². The zero-order chi connectivity index (χ0) is 22.9. The summed E-state index contributed by atoms with van der Waals surface area (Å²) < 4.78 is 0. The summed E-state index contributed by atoms with van der Waals surface area (Å²) in [7, 11) is -1.66. The zero-order valence-electron chi connectivity index (χ0n) is 20.3. The zero-order valence-corrected chi connectivity index (χ0v) is 21.3. The number of hydrogen-bond acceptors (Lipinski definition) is 0. The Morgan fingerprint density at radius 3 is 1.91 bits per heavy atom. The van der Waals surface area contributed by atoms with E-state index in [9.17, 15) is 0 Å². The molecule has 0 unspecified atom stereocenters. The van der Waals surface area contributed by atoms with E-state index in [0.717, 1.165) is 6.04 Å². The maximum Gasteiger partial charge on any atom is 0.0849 e. The van der Waals surface area contributed by atoms with Gasteiger partial charge in [0.25, 0.3) is 0 Å². The van der Waals surface area contributed by atoms with E-state index in [1.165, 1.54) is 55.3 Å². The third-order valence-corrected chi connectivity index (χ3v) is 10.1. The maximum absolute atomic E-state index is 2.50. The Balaban J connectivity index is 1.65. The van der Waals surface area contributed by atoms with Crippen LogP contribution in [0.15, 0.2) is 84.9 Å². The Labute approximate surface area is 195 Å². The van der Waals surface area contributed by atoms with Crippen LogP contribution in [0.5, 0.6) is 0 Å². The molecule has 0 heterocycles. The smallest absolute Gasteiger partial charge is 0.0652 e. The highest BCUT2D eigenvalue weighted by Crippen LogP contribution is 2.27. The van der Waals surface area contributed by atoms with Crippen molar-refractivity contribution in [3.8, 4) is 22.3 Å². The second-order valence-corrected chi connectivity index (χ2v) is 14.6. The molecule has 162 valence electrons. The average Bonchev–Trinajstić information content (AvgIpc) is 2.78. The molecular formula is C31H34Si. The molecule has 0 atom stereocenters. The molecule has 4 aromatic rings. The number of hydrogen-bond donors (Lipinski definition) is 0. The van der Waals surface area contributed by atoms with Crippen molar-refractivity contribution in [1.82, 2.24) is 0 Å². The topological polar surface area (TPSA) is 0 Å². The molecule has 0 saturated heterocycles. The SMILES string of the molecule is Cc1ccc([Si](C)(C)Cc2cccc(-c3cc(C)c(C)c(C)c3)c2)cc1-c1ccccc1. The van der Waals surface area contributed by atoms with Crippen molar-refractivity contribution < 1.29 is 0 Å². The molecule has 0 saturated carbocycles. The van der Waals surface area contributed by atoms with Gasteiger partial charge < -0.3 is 0 Å². The van der Waals surface area contributed by atoms with Gasteiger partial charge in [0, 0.05) is 0 Å². The van der Waals surface area contributed by atoms with Gasteiger partial charge >= 0.3 is 0 Å². The van der Waals surface area contributed by atoms with Crippen molar-refractivity contribution >= 4 is 13.3 Å². The summed E-state index contributed by atoms with van der Waals surface area (Å²) in [5.41, 5.74) is 12.2. The molecule has 4 rings (SSSR count). The lowest BCUT2D eigenvalue weighted by Crippen LogP contribution is -2.44. The molecule has 4 aromatic carbocycles. The molecule has 0 fully saturated rings. The van der Waals surface area contributed by atoms with Crippen LogP contribution in [-0.4, -0.2) is 8.07 Å². The first kappa shape index (κ1) is 22.3. The highest BCUT2D eigenvalue weighted by Gasteiger charge is 2.25. The number of rotatable bonds is 5. The average molecular weight is 435 g/mol. The Morgan fingerprint density at radius 2 is 1.22 bits per heavy atom. The van der Waals surface area contributed by atoms with Crippen molar-refractivity contribution in [2.45, 2.75) is 46.8 Å². The van der Waals surface area contributed by atoms with Gasteiger partial charge in [0.2, 0.25) is 0 Å². The van der Waals surface area contributed by atoms with Crippen LogP contribution in [0.4, 0.5) is 0 Å². The largest absolute Gasteiger partial charge is 0.0849 e. The van der Waals surface area contributed by atoms with Crippen LogP contribution in [0.25, 0.3) is 22.3 Å². The molecule has 0 amide bonds. The van der Waals surface area contributed by atoms with E-state index < -0.39 is 8.07 Å². The molecule has 0 aliphatic heterocycles.